The van der Waals surface area contributed by atoms with Crippen LogP contribution < -0.4 is 5.73 Å². The van der Waals surface area contributed by atoms with Crippen molar-refractivity contribution in [3.63, 3.8) is 0 Å². The van der Waals surface area contributed by atoms with Gasteiger partial charge in [0.2, 0.25) is 0 Å². The maximum absolute atomic E-state index is 5.53. The molecule has 0 unspecified atom stereocenters. The second kappa shape index (κ2) is 6.62. The van der Waals surface area contributed by atoms with Crippen LogP contribution >= 0.6 is 24.8 Å². The molecular weight excluding hydrogens is 231 g/mol. The normalized spacial score (nSPS) is 9.13. The number of nitrogens with zero attached hydrogens (tertiary/aromatic N) is 1. The zero-order valence-corrected chi connectivity index (χ0v) is 9.85. The summed E-state index contributed by atoms with van der Waals surface area (Å²) in [4.78, 5) is 4.28. The summed E-state index contributed by atoms with van der Waals surface area (Å²) in [5, 5.41) is 1.22. The van der Waals surface area contributed by atoms with Gasteiger partial charge in [0.05, 0.1) is 5.52 Å². The Bertz CT molecular complexity index is 413. The Morgan fingerprint density at radius 3 is 2.60 bits per heavy atom. The number of benzene rings is 1. The minimum absolute atomic E-state index is 0. The molecule has 0 saturated carbocycles. The average Bonchev–Trinajstić information content (AvgIpc) is 2.19. The largest absolute Gasteiger partial charge is 0.330 e. The first kappa shape index (κ1) is 14.2. The van der Waals surface area contributed by atoms with E-state index in [1.807, 2.05) is 24.4 Å². The molecule has 4 heteroatoms. The van der Waals surface area contributed by atoms with E-state index in [2.05, 4.69) is 17.1 Å². The summed E-state index contributed by atoms with van der Waals surface area (Å²) < 4.78 is 0. The number of halogens is 2. The van der Waals surface area contributed by atoms with Crippen molar-refractivity contribution in [3.05, 3.63) is 42.1 Å². The molecule has 0 fully saturated rings. The minimum Gasteiger partial charge on any atom is -0.330 e. The van der Waals surface area contributed by atoms with E-state index in [1.54, 1.807) is 0 Å². The fraction of sp³-hybridized carbons (Fsp3) is 0.182. The first-order chi connectivity index (χ1) is 6.42. The van der Waals surface area contributed by atoms with Crippen LogP contribution in [0.15, 0.2) is 36.5 Å². The second-order valence-electron chi connectivity index (χ2n) is 3.03. The van der Waals surface area contributed by atoms with Gasteiger partial charge in [0.25, 0.3) is 0 Å². The van der Waals surface area contributed by atoms with Gasteiger partial charge in [0, 0.05) is 11.6 Å². The zero-order chi connectivity index (χ0) is 9.10. The van der Waals surface area contributed by atoms with E-state index in [9.17, 15) is 0 Å². The molecule has 2 nitrogen and oxygen atoms in total. The van der Waals surface area contributed by atoms with Crippen molar-refractivity contribution in [1.82, 2.24) is 4.98 Å². The number of rotatable bonds is 2. The molecule has 2 rings (SSSR count). The van der Waals surface area contributed by atoms with Gasteiger partial charge in [-0.1, -0.05) is 18.2 Å². The molecule has 0 radical (unpaired) electrons. The van der Waals surface area contributed by atoms with Crippen molar-refractivity contribution in [2.45, 2.75) is 6.42 Å². The van der Waals surface area contributed by atoms with Gasteiger partial charge < -0.3 is 5.73 Å². The molecule has 0 bridgehead atoms. The maximum atomic E-state index is 5.53. The van der Waals surface area contributed by atoms with E-state index in [1.165, 1.54) is 10.9 Å². The lowest BCUT2D eigenvalue weighted by molar-refractivity contribution is 0.977. The summed E-state index contributed by atoms with van der Waals surface area (Å²) in [6.07, 6.45) is 2.73. The third kappa shape index (κ3) is 3.06. The highest BCUT2D eigenvalue weighted by molar-refractivity contribution is 5.85. The molecule has 2 N–H and O–H groups in total. The van der Waals surface area contributed by atoms with E-state index >= 15 is 0 Å². The summed E-state index contributed by atoms with van der Waals surface area (Å²) in [6, 6.07) is 10.2. The SMILES string of the molecule is Cl.Cl.NCCc1cccc2ncccc12. The van der Waals surface area contributed by atoms with Gasteiger partial charge in [-0.3, -0.25) is 4.98 Å². The molecule has 1 aromatic carbocycles. The Hall–Kier alpha value is -0.830. The van der Waals surface area contributed by atoms with Gasteiger partial charge in [-0.25, -0.2) is 0 Å². The van der Waals surface area contributed by atoms with E-state index < -0.39 is 0 Å². The zero-order valence-electron chi connectivity index (χ0n) is 8.22. The fourth-order valence-corrected chi connectivity index (χ4v) is 1.54. The van der Waals surface area contributed by atoms with Crippen LogP contribution in [0.4, 0.5) is 0 Å². The standard InChI is InChI=1S/C11H12N2.2ClH/c12-7-6-9-3-1-5-11-10(9)4-2-8-13-11;;/h1-5,8H,6-7,12H2;2*1H. The Morgan fingerprint density at radius 2 is 1.87 bits per heavy atom. The van der Waals surface area contributed by atoms with Crippen LogP contribution in [0.1, 0.15) is 5.56 Å². The molecule has 0 amide bonds. The number of hydrogen-bond acceptors (Lipinski definition) is 2. The average molecular weight is 245 g/mol. The highest BCUT2D eigenvalue weighted by Gasteiger charge is 1.98. The molecule has 15 heavy (non-hydrogen) atoms. The molecule has 0 aliphatic rings. The van der Waals surface area contributed by atoms with E-state index in [4.69, 9.17) is 5.73 Å². The summed E-state index contributed by atoms with van der Waals surface area (Å²) >= 11 is 0. The van der Waals surface area contributed by atoms with Gasteiger partial charge in [-0.2, -0.15) is 0 Å². The lowest BCUT2D eigenvalue weighted by atomic mass is 10.1. The lowest BCUT2D eigenvalue weighted by Crippen LogP contribution is -2.03. The molecule has 82 valence electrons. The third-order valence-electron chi connectivity index (χ3n) is 2.15. The van der Waals surface area contributed by atoms with Gasteiger partial charge in [0.1, 0.15) is 0 Å². The number of aromatic nitrogens is 1. The predicted molar refractivity (Wildman–Crippen MR) is 69.0 cm³/mol. The number of nitrogens with two attached hydrogens (primary N) is 1. The van der Waals surface area contributed by atoms with Crippen molar-refractivity contribution in [1.29, 1.82) is 0 Å². The summed E-state index contributed by atoms with van der Waals surface area (Å²) in [7, 11) is 0. The Morgan fingerprint density at radius 1 is 1.07 bits per heavy atom. The van der Waals surface area contributed by atoms with Crippen LogP contribution in [-0.4, -0.2) is 11.5 Å². The lowest BCUT2D eigenvalue weighted by Gasteiger charge is -2.03. The van der Waals surface area contributed by atoms with E-state index in [-0.39, 0.29) is 24.8 Å². The minimum atomic E-state index is 0. The van der Waals surface area contributed by atoms with Crippen LogP contribution in [0.2, 0.25) is 0 Å². The summed E-state index contributed by atoms with van der Waals surface area (Å²) in [5.41, 5.74) is 7.87. The topological polar surface area (TPSA) is 38.9 Å². The van der Waals surface area contributed by atoms with Gasteiger partial charge in [-0.15, -0.1) is 24.8 Å². The Labute approximate surface area is 102 Å². The first-order valence-electron chi connectivity index (χ1n) is 4.44. The molecular formula is C11H14Cl2N2. The van der Waals surface area contributed by atoms with Crippen LogP contribution in [-0.2, 0) is 6.42 Å². The van der Waals surface area contributed by atoms with Crippen LogP contribution in [0.25, 0.3) is 10.9 Å². The monoisotopic (exact) mass is 244 g/mol. The third-order valence-corrected chi connectivity index (χ3v) is 2.15. The van der Waals surface area contributed by atoms with Gasteiger partial charge in [0.15, 0.2) is 0 Å². The smallest absolute Gasteiger partial charge is 0.0704 e. The highest BCUT2D eigenvalue weighted by Crippen LogP contribution is 2.16. The Kier molecular flexibility index (Phi) is 6.25. The van der Waals surface area contributed by atoms with Crippen molar-refractivity contribution in [2.75, 3.05) is 6.54 Å². The van der Waals surface area contributed by atoms with Crippen molar-refractivity contribution in [2.24, 2.45) is 5.73 Å². The second-order valence-corrected chi connectivity index (χ2v) is 3.03. The molecule has 1 aromatic heterocycles. The summed E-state index contributed by atoms with van der Waals surface area (Å²) in [5.74, 6) is 0. The molecule has 0 spiro atoms. The number of hydrogen-bond donors (Lipinski definition) is 1. The van der Waals surface area contributed by atoms with Crippen LogP contribution in [0, 0.1) is 0 Å². The molecule has 0 aliphatic carbocycles. The predicted octanol–water partition coefficient (Wildman–Crippen LogP) is 2.58. The van der Waals surface area contributed by atoms with Crippen LogP contribution in [0.3, 0.4) is 0 Å². The van der Waals surface area contributed by atoms with Crippen molar-refractivity contribution < 1.29 is 0 Å². The van der Waals surface area contributed by atoms with Crippen molar-refractivity contribution >= 4 is 35.7 Å². The molecule has 0 aliphatic heterocycles. The number of fused-ring (bicyclic) bond motifs is 1. The molecule has 0 atom stereocenters. The maximum Gasteiger partial charge on any atom is 0.0704 e. The molecule has 0 saturated heterocycles. The van der Waals surface area contributed by atoms with E-state index in [0.717, 1.165) is 11.9 Å². The Balaban J connectivity index is 0.000000980. The quantitative estimate of drug-likeness (QED) is 0.883. The van der Waals surface area contributed by atoms with Crippen LogP contribution in [0.5, 0.6) is 0 Å². The molecule has 1 heterocycles. The fourth-order valence-electron chi connectivity index (χ4n) is 1.54. The van der Waals surface area contributed by atoms with Crippen molar-refractivity contribution in [3.8, 4) is 0 Å². The highest BCUT2D eigenvalue weighted by atomic mass is 35.5. The van der Waals surface area contributed by atoms with E-state index in [0.29, 0.717) is 6.54 Å². The number of pyridine rings is 1. The van der Waals surface area contributed by atoms with Gasteiger partial charge in [-0.05, 0) is 30.7 Å². The summed E-state index contributed by atoms with van der Waals surface area (Å²) in [6.45, 7) is 0.688. The van der Waals surface area contributed by atoms with Gasteiger partial charge >= 0.3 is 0 Å². The molecule has 2 aromatic rings. The first-order valence-corrected chi connectivity index (χ1v) is 4.44.